The summed E-state index contributed by atoms with van der Waals surface area (Å²) in [6, 6.07) is 7.20. The van der Waals surface area contributed by atoms with Gasteiger partial charge in [0.15, 0.2) is 0 Å². The topological polar surface area (TPSA) is 72.0 Å². The number of H-pyrrole nitrogens is 1. The lowest BCUT2D eigenvalue weighted by Crippen LogP contribution is -2.21. The number of benzene rings is 1. The molecule has 1 heterocycles. The molecule has 0 radical (unpaired) electrons. The van der Waals surface area contributed by atoms with E-state index in [0.29, 0.717) is 23.4 Å². The first-order valence-electron chi connectivity index (χ1n) is 5.63. The summed E-state index contributed by atoms with van der Waals surface area (Å²) in [5.41, 5.74) is 1.75. The first-order chi connectivity index (χ1) is 8.72. The average molecular weight is 242 g/mol. The third kappa shape index (κ3) is 1.37. The van der Waals surface area contributed by atoms with Crippen LogP contribution < -0.4 is 4.74 Å². The van der Waals surface area contributed by atoms with Gasteiger partial charge in [-0.2, -0.15) is 4.98 Å². The molecule has 1 aromatic heterocycles. The smallest absolute Gasteiger partial charge is 0.294 e. The van der Waals surface area contributed by atoms with Crippen LogP contribution in [-0.2, 0) is 0 Å². The number of carbonyl (C=O) groups is 2. The molecule has 90 valence electrons. The standard InChI is InChI=1S/C13H10N2O3/c1-2-18-13-14-9-7-5-3-4-6-8(7)11(16)12(17)10(9)15-13/h3-6H,2H2,1H3,(H,14,15). The zero-order valence-electron chi connectivity index (χ0n) is 9.69. The van der Waals surface area contributed by atoms with Gasteiger partial charge in [0, 0.05) is 11.1 Å². The molecule has 1 aliphatic rings. The van der Waals surface area contributed by atoms with Gasteiger partial charge >= 0.3 is 0 Å². The van der Waals surface area contributed by atoms with Crippen molar-refractivity contribution in [1.82, 2.24) is 9.97 Å². The lowest BCUT2D eigenvalue weighted by molar-refractivity contribution is 0.0812. The molecule has 0 saturated carbocycles. The Balaban J connectivity index is 2.24. The highest BCUT2D eigenvalue weighted by molar-refractivity contribution is 6.52. The normalized spacial score (nSPS) is 13.2. The van der Waals surface area contributed by atoms with Crippen LogP contribution in [0.25, 0.3) is 11.3 Å². The fourth-order valence-corrected chi connectivity index (χ4v) is 2.04. The quantitative estimate of drug-likeness (QED) is 0.816. The molecule has 2 aromatic rings. The Hall–Kier alpha value is -2.43. The van der Waals surface area contributed by atoms with Crippen molar-refractivity contribution in [3.05, 3.63) is 35.5 Å². The predicted octanol–water partition coefficient (Wildman–Crippen LogP) is 1.85. The van der Waals surface area contributed by atoms with Gasteiger partial charge in [-0.25, -0.2) is 0 Å². The molecule has 0 spiro atoms. The number of imidazole rings is 1. The van der Waals surface area contributed by atoms with E-state index in [1.54, 1.807) is 24.3 Å². The van der Waals surface area contributed by atoms with Crippen LogP contribution in [0.5, 0.6) is 6.01 Å². The summed E-state index contributed by atoms with van der Waals surface area (Å²) in [5.74, 6) is -1.08. The van der Waals surface area contributed by atoms with Crippen LogP contribution >= 0.6 is 0 Å². The fourth-order valence-electron chi connectivity index (χ4n) is 2.04. The van der Waals surface area contributed by atoms with Gasteiger partial charge in [0.05, 0.1) is 6.61 Å². The third-order valence-corrected chi connectivity index (χ3v) is 2.82. The van der Waals surface area contributed by atoms with Gasteiger partial charge in [0.25, 0.3) is 11.8 Å². The van der Waals surface area contributed by atoms with Gasteiger partial charge in [-0.05, 0) is 6.92 Å². The largest absolute Gasteiger partial charge is 0.465 e. The van der Waals surface area contributed by atoms with Gasteiger partial charge in [-0.1, -0.05) is 24.3 Å². The van der Waals surface area contributed by atoms with E-state index in [2.05, 4.69) is 9.97 Å². The molecule has 1 aromatic carbocycles. The molecule has 0 atom stereocenters. The van der Waals surface area contributed by atoms with Gasteiger partial charge < -0.3 is 9.72 Å². The molecule has 0 aliphatic heterocycles. The summed E-state index contributed by atoms with van der Waals surface area (Å²) in [6.07, 6.45) is 0. The van der Waals surface area contributed by atoms with Crippen molar-refractivity contribution in [2.75, 3.05) is 6.61 Å². The van der Waals surface area contributed by atoms with Gasteiger partial charge in [-0.3, -0.25) is 9.59 Å². The summed E-state index contributed by atoms with van der Waals surface area (Å²) in [7, 11) is 0. The molecular formula is C13H10N2O3. The SMILES string of the molecule is CCOc1nc2c([nH]1)C(=O)C(=O)c1ccccc1-2. The van der Waals surface area contributed by atoms with E-state index in [4.69, 9.17) is 4.74 Å². The third-order valence-electron chi connectivity index (χ3n) is 2.82. The number of hydrogen-bond donors (Lipinski definition) is 1. The molecule has 0 fully saturated rings. The number of hydrogen-bond acceptors (Lipinski definition) is 4. The molecular weight excluding hydrogens is 232 g/mol. The monoisotopic (exact) mass is 242 g/mol. The summed E-state index contributed by atoms with van der Waals surface area (Å²) < 4.78 is 5.23. The molecule has 0 amide bonds. The second-order valence-corrected chi connectivity index (χ2v) is 3.90. The summed E-state index contributed by atoms with van der Waals surface area (Å²) in [5, 5.41) is 0. The zero-order valence-corrected chi connectivity index (χ0v) is 9.69. The Morgan fingerprint density at radius 1 is 1.17 bits per heavy atom. The van der Waals surface area contributed by atoms with Crippen molar-refractivity contribution in [1.29, 1.82) is 0 Å². The van der Waals surface area contributed by atoms with Crippen LogP contribution in [0.3, 0.4) is 0 Å². The van der Waals surface area contributed by atoms with Crippen LogP contribution in [-0.4, -0.2) is 28.1 Å². The number of carbonyl (C=O) groups excluding carboxylic acids is 2. The highest BCUT2D eigenvalue weighted by Crippen LogP contribution is 2.32. The van der Waals surface area contributed by atoms with Gasteiger partial charge in [0.1, 0.15) is 11.4 Å². The van der Waals surface area contributed by atoms with Crippen molar-refractivity contribution in [3.63, 3.8) is 0 Å². The molecule has 18 heavy (non-hydrogen) atoms. The molecule has 1 N–H and O–H groups in total. The highest BCUT2D eigenvalue weighted by atomic mass is 16.5. The highest BCUT2D eigenvalue weighted by Gasteiger charge is 2.33. The first-order valence-corrected chi connectivity index (χ1v) is 5.63. The lowest BCUT2D eigenvalue weighted by atomic mass is 9.90. The summed E-state index contributed by atoms with van der Waals surface area (Å²) in [6.45, 7) is 2.26. The maximum absolute atomic E-state index is 11.9. The number of aromatic amines is 1. The maximum atomic E-state index is 11.9. The van der Waals surface area contributed by atoms with Gasteiger partial charge in [-0.15, -0.1) is 0 Å². The van der Waals surface area contributed by atoms with E-state index in [1.807, 2.05) is 6.92 Å². The van der Waals surface area contributed by atoms with Crippen molar-refractivity contribution >= 4 is 11.6 Å². The van der Waals surface area contributed by atoms with Crippen molar-refractivity contribution in [2.45, 2.75) is 6.92 Å². The van der Waals surface area contributed by atoms with Crippen molar-refractivity contribution in [2.24, 2.45) is 0 Å². The van der Waals surface area contributed by atoms with E-state index in [-0.39, 0.29) is 11.7 Å². The van der Waals surface area contributed by atoms with Crippen LogP contribution in [0.4, 0.5) is 0 Å². The first kappa shape index (κ1) is 10.7. The molecule has 0 bridgehead atoms. The van der Waals surface area contributed by atoms with E-state index in [1.165, 1.54) is 0 Å². The molecule has 0 saturated heterocycles. The van der Waals surface area contributed by atoms with Crippen molar-refractivity contribution in [3.8, 4) is 17.3 Å². The Bertz CT molecular complexity index is 658. The summed E-state index contributed by atoms with van der Waals surface area (Å²) in [4.78, 5) is 30.8. The number of nitrogens with zero attached hydrogens (tertiary/aromatic N) is 1. The Kier molecular flexibility index (Phi) is 2.26. The second-order valence-electron chi connectivity index (χ2n) is 3.90. The number of ketones is 2. The van der Waals surface area contributed by atoms with Crippen LogP contribution in [0, 0.1) is 0 Å². The number of aromatic nitrogens is 2. The number of fused-ring (bicyclic) bond motifs is 3. The molecule has 0 unspecified atom stereocenters. The number of nitrogens with one attached hydrogen (secondary N) is 1. The fraction of sp³-hybridized carbons (Fsp3) is 0.154. The zero-order chi connectivity index (χ0) is 12.7. The minimum atomic E-state index is -0.567. The molecule has 3 rings (SSSR count). The molecule has 1 aliphatic carbocycles. The maximum Gasteiger partial charge on any atom is 0.294 e. The minimum absolute atomic E-state index is 0.210. The number of ether oxygens (including phenoxy) is 1. The minimum Gasteiger partial charge on any atom is -0.465 e. The predicted molar refractivity (Wildman–Crippen MR) is 63.9 cm³/mol. The van der Waals surface area contributed by atoms with E-state index < -0.39 is 11.6 Å². The average Bonchev–Trinajstić information content (AvgIpc) is 2.81. The van der Waals surface area contributed by atoms with Crippen molar-refractivity contribution < 1.29 is 14.3 Å². The van der Waals surface area contributed by atoms with Crippen LogP contribution in [0.15, 0.2) is 24.3 Å². The molecule has 5 nitrogen and oxygen atoms in total. The lowest BCUT2D eigenvalue weighted by Gasteiger charge is -2.11. The Labute approximate surface area is 103 Å². The van der Waals surface area contributed by atoms with Crippen LogP contribution in [0.1, 0.15) is 27.8 Å². The number of rotatable bonds is 2. The number of Topliss-reactive ketones (excluding diaryl/α,β-unsaturated/α-hetero) is 2. The van der Waals surface area contributed by atoms with E-state index >= 15 is 0 Å². The Morgan fingerprint density at radius 3 is 2.61 bits per heavy atom. The molecule has 5 heteroatoms. The second kappa shape index (κ2) is 3.80. The van der Waals surface area contributed by atoms with Gasteiger partial charge in [0.2, 0.25) is 5.78 Å². The van der Waals surface area contributed by atoms with Crippen LogP contribution in [0.2, 0.25) is 0 Å². The Morgan fingerprint density at radius 2 is 1.89 bits per heavy atom. The van der Waals surface area contributed by atoms with E-state index in [9.17, 15) is 9.59 Å². The summed E-state index contributed by atoms with van der Waals surface area (Å²) >= 11 is 0. The van der Waals surface area contributed by atoms with E-state index in [0.717, 1.165) is 0 Å².